The number of fused-ring (bicyclic) bond motifs is 1. The summed E-state index contributed by atoms with van der Waals surface area (Å²) in [5, 5.41) is 3.17. The number of pyridine rings is 1. The first-order valence-electron chi connectivity index (χ1n) is 9.63. The van der Waals surface area contributed by atoms with Crippen LogP contribution in [0.5, 0.6) is 0 Å². The zero-order valence-corrected chi connectivity index (χ0v) is 16.5. The lowest BCUT2D eigenvalue weighted by atomic mass is 9.74. The van der Waals surface area contributed by atoms with Gasteiger partial charge in [-0.15, -0.1) is 0 Å². The van der Waals surface area contributed by atoms with Gasteiger partial charge in [-0.1, -0.05) is 13.8 Å². The molecular weight excluding hydrogens is 354 g/mol. The van der Waals surface area contributed by atoms with Gasteiger partial charge in [-0.3, -0.25) is 14.6 Å². The number of aromatic nitrogens is 3. The average Bonchev–Trinajstić information content (AvgIpc) is 3.00. The van der Waals surface area contributed by atoms with Crippen molar-refractivity contribution in [3.63, 3.8) is 0 Å². The normalized spacial score (nSPS) is 23.4. The van der Waals surface area contributed by atoms with E-state index in [2.05, 4.69) is 29.1 Å². The van der Waals surface area contributed by atoms with Gasteiger partial charge in [0, 0.05) is 49.7 Å². The molecule has 0 spiro atoms. The zero-order chi connectivity index (χ0) is 19.9. The van der Waals surface area contributed by atoms with E-state index in [1.165, 1.54) is 0 Å². The molecule has 0 unspecified atom stereocenters. The Morgan fingerprint density at radius 1 is 1.29 bits per heavy atom. The molecule has 2 atom stereocenters. The lowest BCUT2D eigenvalue weighted by Crippen LogP contribution is -2.40. The summed E-state index contributed by atoms with van der Waals surface area (Å²) in [5.41, 5.74) is 2.89. The fourth-order valence-corrected chi connectivity index (χ4v) is 4.14. The molecule has 1 fully saturated rings. The molecule has 2 amide bonds. The van der Waals surface area contributed by atoms with Crippen LogP contribution in [0.1, 0.15) is 44.0 Å². The SMILES string of the molecule is CN1C[C@@H](C(=O)N[C@H]2CC(C)(C)Cc3nc(-c4ccncc4)ncc32)CC1=O. The second kappa shape index (κ2) is 6.96. The van der Waals surface area contributed by atoms with Crippen LogP contribution < -0.4 is 5.32 Å². The van der Waals surface area contributed by atoms with Crippen molar-refractivity contribution in [2.24, 2.45) is 11.3 Å². The number of hydrogen-bond acceptors (Lipinski definition) is 5. The van der Waals surface area contributed by atoms with Crippen LogP contribution in [-0.2, 0) is 16.0 Å². The van der Waals surface area contributed by atoms with Crippen LogP contribution >= 0.6 is 0 Å². The molecule has 146 valence electrons. The maximum Gasteiger partial charge on any atom is 0.225 e. The quantitative estimate of drug-likeness (QED) is 0.883. The van der Waals surface area contributed by atoms with Gasteiger partial charge in [0.25, 0.3) is 0 Å². The third kappa shape index (κ3) is 3.61. The molecule has 28 heavy (non-hydrogen) atoms. The average molecular weight is 379 g/mol. The first kappa shape index (κ1) is 18.5. The molecule has 1 aliphatic carbocycles. The first-order valence-corrected chi connectivity index (χ1v) is 9.63. The summed E-state index contributed by atoms with van der Waals surface area (Å²) >= 11 is 0. The van der Waals surface area contributed by atoms with Crippen LogP contribution in [0.25, 0.3) is 11.4 Å². The number of hydrogen-bond donors (Lipinski definition) is 1. The van der Waals surface area contributed by atoms with E-state index in [1.54, 1.807) is 24.3 Å². The molecule has 2 aliphatic rings. The number of carbonyl (C=O) groups is 2. The Morgan fingerprint density at radius 2 is 2.04 bits per heavy atom. The number of nitrogens with one attached hydrogen (secondary N) is 1. The van der Waals surface area contributed by atoms with Crippen molar-refractivity contribution in [1.29, 1.82) is 0 Å². The van der Waals surface area contributed by atoms with Crippen LogP contribution in [-0.4, -0.2) is 45.3 Å². The molecule has 7 nitrogen and oxygen atoms in total. The number of likely N-dealkylation sites (tertiary alicyclic amines) is 1. The van der Waals surface area contributed by atoms with Crippen LogP contribution in [0.4, 0.5) is 0 Å². The molecule has 7 heteroatoms. The van der Waals surface area contributed by atoms with Gasteiger partial charge < -0.3 is 10.2 Å². The minimum Gasteiger partial charge on any atom is -0.349 e. The van der Waals surface area contributed by atoms with Crippen molar-refractivity contribution in [3.05, 3.63) is 42.0 Å². The minimum absolute atomic E-state index is 0.0110. The second-order valence-corrected chi connectivity index (χ2v) is 8.61. The van der Waals surface area contributed by atoms with Crippen molar-refractivity contribution in [1.82, 2.24) is 25.2 Å². The van der Waals surface area contributed by atoms with Crippen LogP contribution in [0, 0.1) is 11.3 Å². The van der Waals surface area contributed by atoms with Crippen LogP contribution in [0.15, 0.2) is 30.7 Å². The molecule has 1 saturated heterocycles. The highest BCUT2D eigenvalue weighted by Gasteiger charge is 2.37. The highest BCUT2D eigenvalue weighted by atomic mass is 16.2. The van der Waals surface area contributed by atoms with E-state index in [9.17, 15) is 9.59 Å². The standard InChI is InChI=1S/C21H25N5O2/c1-21(2)9-16-15(11-23-19(24-16)13-4-6-22-7-5-13)17(10-21)25-20(28)14-8-18(27)26(3)12-14/h4-7,11,14,17H,8-10,12H2,1-3H3,(H,25,28)/t14-,17-/m0/s1. The largest absolute Gasteiger partial charge is 0.349 e. The van der Waals surface area contributed by atoms with Gasteiger partial charge in [-0.25, -0.2) is 9.97 Å². The van der Waals surface area contributed by atoms with E-state index in [0.29, 0.717) is 12.4 Å². The summed E-state index contributed by atoms with van der Waals surface area (Å²) in [7, 11) is 1.74. The highest BCUT2D eigenvalue weighted by Crippen LogP contribution is 2.40. The minimum atomic E-state index is -0.289. The van der Waals surface area contributed by atoms with Gasteiger partial charge in [-0.2, -0.15) is 0 Å². The van der Waals surface area contributed by atoms with E-state index in [1.807, 2.05) is 18.3 Å². The first-order chi connectivity index (χ1) is 13.3. The molecule has 4 rings (SSSR count). The van der Waals surface area contributed by atoms with Crippen molar-refractivity contribution < 1.29 is 9.59 Å². The fourth-order valence-electron chi connectivity index (χ4n) is 4.14. The van der Waals surface area contributed by atoms with Crippen LogP contribution in [0.2, 0.25) is 0 Å². The Bertz CT molecular complexity index is 912. The fraction of sp³-hybridized carbons (Fsp3) is 0.476. The Kier molecular flexibility index (Phi) is 4.61. The van der Waals surface area contributed by atoms with Gasteiger partial charge in [-0.05, 0) is 30.4 Å². The van der Waals surface area contributed by atoms with Gasteiger partial charge in [0.2, 0.25) is 11.8 Å². The number of amides is 2. The van der Waals surface area contributed by atoms with Crippen molar-refractivity contribution in [3.8, 4) is 11.4 Å². The van der Waals surface area contributed by atoms with Gasteiger partial charge in [0.1, 0.15) is 0 Å². The van der Waals surface area contributed by atoms with Crippen molar-refractivity contribution in [2.75, 3.05) is 13.6 Å². The maximum atomic E-state index is 12.8. The molecule has 0 radical (unpaired) electrons. The molecule has 0 aromatic carbocycles. The molecule has 1 N–H and O–H groups in total. The Morgan fingerprint density at radius 3 is 2.71 bits per heavy atom. The lowest BCUT2D eigenvalue weighted by molar-refractivity contribution is -0.128. The predicted molar refractivity (Wildman–Crippen MR) is 104 cm³/mol. The molecule has 3 heterocycles. The highest BCUT2D eigenvalue weighted by molar-refractivity contribution is 5.89. The van der Waals surface area contributed by atoms with E-state index in [4.69, 9.17) is 4.98 Å². The van der Waals surface area contributed by atoms with E-state index >= 15 is 0 Å². The summed E-state index contributed by atoms with van der Waals surface area (Å²) in [6, 6.07) is 3.64. The summed E-state index contributed by atoms with van der Waals surface area (Å²) in [5.74, 6) is 0.342. The topological polar surface area (TPSA) is 88.1 Å². The molecule has 1 aliphatic heterocycles. The second-order valence-electron chi connectivity index (χ2n) is 8.61. The summed E-state index contributed by atoms with van der Waals surface area (Å²) < 4.78 is 0. The van der Waals surface area contributed by atoms with E-state index in [0.717, 1.165) is 29.7 Å². The third-order valence-electron chi connectivity index (χ3n) is 5.64. The number of rotatable bonds is 3. The monoisotopic (exact) mass is 379 g/mol. The molecule has 0 bridgehead atoms. The summed E-state index contributed by atoms with van der Waals surface area (Å²) in [6.45, 7) is 4.86. The molecule has 2 aromatic rings. The number of carbonyl (C=O) groups excluding carboxylic acids is 2. The Balaban J connectivity index is 1.60. The Labute approximate surface area is 164 Å². The summed E-state index contributed by atoms with van der Waals surface area (Å²) in [4.78, 5) is 39.6. The van der Waals surface area contributed by atoms with Gasteiger partial charge in [0.15, 0.2) is 5.82 Å². The molecular formula is C21H25N5O2. The predicted octanol–water partition coefficient (Wildman–Crippen LogP) is 2.15. The Hall–Kier alpha value is -2.83. The van der Waals surface area contributed by atoms with Crippen molar-refractivity contribution >= 4 is 11.8 Å². The third-order valence-corrected chi connectivity index (χ3v) is 5.64. The molecule has 0 saturated carbocycles. The van der Waals surface area contributed by atoms with Gasteiger partial charge >= 0.3 is 0 Å². The smallest absolute Gasteiger partial charge is 0.225 e. The summed E-state index contributed by atoms with van der Waals surface area (Å²) in [6.07, 6.45) is 7.23. The lowest BCUT2D eigenvalue weighted by Gasteiger charge is -2.37. The van der Waals surface area contributed by atoms with Crippen LogP contribution in [0.3, 0.4) is 0 Å². The maximum absolute atomic E-state index is 12.8. The van der Waals surface area contributed by atoms with E-state index < -0.39 is 0 Å². The zero-order valence-electron chi connectivity index (χ0n) is 16.5. The van der Waals surface area contributed by atoms with E-state index in [-0.39, 0.29) is 35.6 Å². The van der Waals surface area contributed by atoms with Crippen molar-refractivity contribution in [2.45, 2.75) is 39.2 Å². The number of nitrogens with zero attached hydrogens (tertiary/aromatic N) is 4. The molecule has 2 aromatic heterocycles. The van der Waals surface area contributed by atoms with Gasteiger partial charge in [0.05, 0.1) is 17.7 Å².